The van der Waals surface area contributed by atoms with Gasteiger partial charge in [0.15, 0.2) is 5.82 Å². The fourth-order valence-electron chi connectivity index (χ4n) is 6.68. The molecule has 0 bridgehead atoms. The Kier molecular flexibility index (Phi) is 8.10. The summed E-state index contributed by atoms with van der Waals surface area (Å²) in [6, 6.07) is 11.5. The lowest BCUT2D eigenvalue weighted by Gasteiger charge is -2.19. The molecule has 15 heteroatoms. The van der Waals surface area contributed by atoms with E-state index in [1.165, 1.54) is 6.20 Å². The normalized spacial score (nSPS) is 15.3. The van der Waals surface area contributed by atoms with Crippen LogP contribution in [0.3, 0.4) is 0 Å². The third-order valence-corrected chi connectivity index (χ3v) is 9.58. The molecule has 1 aliphatic rings. The standard InChI is InChI=1S/C35H37ClN10O4/c1-18-29(20-7-9-22-26(15-20)44(6)42-30(22)23-10-12-28(47)39-32(23)48)19(2)46(41-18)33-37-17-24(36)31(40-33)38-21-8-11-25-27(16-21)45(34(49)43(25)5)14-13-35(3,4)50/h7-9,11,15-17,23,50H,10,12-14H2,1-6H3,(H,37,38,40)(H,39,47,48). The Morgan fingerprint density at radius 3 is 2.56 bits per heavy atom. The lowest BCUT2D eigenvalue weighted by molar-refractivity contribution is -0.134. The van der Waals surface area contributed by atoms with Gasteiger partial charge in [-0.05, 0) is 70.4 Å². The number of amides is 2. The Hall–Kier alpha value is -5.34. The first-order chi connectivity index (χ1) is 23.7. The van der Waals surface area contributed by atoms with Crippen molar-refractivity contribution >= 4 is 56.9 Å². The predicted octanol–water partition coefficient (Wildman–Crippen LogP) is 4.56. The number of benzene rings is 2. The van der Waals surface area contributed by atoms with Crippen molar-refractivity contribution in [1.82, 2.24) is 44.0 Å². The Labute approximate surface area is 291 Å². The molecule has 7 rings (SSSR count). The molecular weight excluding hydrogens is 660 g/mol. The van der Waals surface area contributed by atoms with Crippen molar-refractivity contribution in [2.75, 3.05) is 5.32 Å². The number of carbonyl (C=O) groups is 2. The number of imide groups is 1. The molecule has 1 saturated heterocycles. The molecule has 4 aromatic heterocycles. The van der Waals surface area contributed by atoms with E-state index in [0.717, 1.165) is 44.5 Å². The summed E-state index contributed by atoms with van der Waals surface area (Å²) in [6.07, 6.45) is 2.63. The summed E-state index contributed by atoms with van der Waals surface area (Å²) in [5, 5.41) is 26.6. The molecular formula is C35H37ClN10O4. The van der Waals surface area contributed by atoms with Crippen molar-refractivity contribution in [2.24, 2.45) is 14.1 Å². The maximum atomic E-state index is 13.0. The topological polar surface area (TPSA) is 167 Å². The highest BCUT2D eigenvalue weighted by Crippen LogP contribution is 2.35. The van der Waals surface area contributed by atoms with Crippen LogP contribution >= 0.6 is 11.6 Å². The Morgan fingerprint density at radius 1 is 1.04 bits per heavy atom. The fourth-order valence-corrected chi connectivity index (χ4v) is 6.82. The predicted molar refractivity (Wildman–Crippen MR) is 190 cm³/mol. The highest BCUT2D eigenvalue weighted by molar-refractivity contribution is 6.32. The van der Waals surface area contributed by atoms with E-state index in [9.17, 15) is 19.5 Å². The molecule has 2 amide bonds. The van der Waals surface area contributed by atoms with Crippen molar-refractivity contribution in [1.29, 1.82) is 0 Å². The van der Waals surface area contributed by atoms with Gasteiger partial charge in [-0.1, -0.05) is 23.7 Å². The second-order valence-electron chi connectivity index (χ2n) is 13.5. The van der Waals surface area contributed by atoms with E-state index in [4.69, 9.17) is 21.7 Å². The second kappa shape index (κ2) is 12.2. The smallest absolute Gasteiger partial charge is 0.328 e. The number of nitrogens with zero attached hydrogens (tertiary/aromatic N) is 8. The van der Waals surface area contributed by atoms with E-state index in [1.807, 2.05) is 57.3 Å². The van der Waals surface area contributed by atoms with E-state index >= 15 is 0 Å². The minimum atomic E-state index is -0.919. The molecule has 1 atom stereocenters. The molecule has 14 nitrogen and oxygen atoms in total. The number of hydrogen-bond acceptors (Lipinski definition) is 9. The van der Waals surface area contributed by atoms with Crippen LogP contribution < -0.4 is 16.3 Å². The van der Waals surface area contributed by atoms with Gasteiger partial charge in [-0.3, -0.25) is 28.7 Å². The Balaban J connectivity index is 1.20. The van der Waals surface area contributed by atoms with Crippen molar-refractivity contribution in [3.05, 3.63) is 75.2 Å². The molecule has 5 heterocycles. The molecule has 1 unspecified atom stereocenters. The van der Waals surface area contributed by atoms with Gasteiger partial charge in [0.25, 0.3) is 5.95 Å². The summed E-state index contributed by atoms with van der Waals surface area (Å²) in [6.45, 7) is 7.66. The van der Waals surface area contributed by atoms with E-state index < -0.39 is 11.5 Å². The maximum absolute atomic E-state index is 13.0. The summed E-state index contributed by atoms with van der Waals surface area (Å²) >= 11 is 6.57. The quantitative estimate of drug-likeness (QED) is 0.193. The number of anilines is 2. The molecule has 258 valence electrons. The Morgan fingerprint density at radius 2 is 1.82 bits per heavy atom. The molecule has 1 aliphatic heterocycles. The first-order valence-corrected chi connectivity index (χ1v) is 16.7. The minimum Gasteiger partial charge on any atom is -0.390 e. The van der Waals surface area contributed by atoms with Gasteiger partial charge >= 0.3 is 5.69 Å². The van der Waals surface area contributed by atoms with E-state index in [2.05, 4.69) is 20.7 Å². The maximum Gasteiger partial charge on any atom is 0.328 e. The van der Waals surface area contributed by atoms with Gasteiger partial charge < -0.3 is 10.4 Å². The summed E-state index contributed by atoms with van der Waals surface area (Å²) < 4.78 is 6.67. The summed E-state index contributed by atoms with van der Waals surface area (Å²) in [4.78, 5) is 46.6. The van der Waals surface area contributed by atoms with Crippen LogP contribution in [0.15, 0.2) is 47.4 Å². The molecule has 6 aromatic rings. The monoisotopic (exact) mass is 696 g/mol. The van der Waals surface area contributed by atoms with Crippen LogP contribution in [-0.2, 0) is 30.2 Å². The van der Waals surface area contributed by atoms with Gasteiger partial charge in [0.05, 0.1) is 51.3 Å². The average Bonchev–Trinajstić information content (AvgIpc) is 3.63. The molecule has 2 aromatic carbocycles. The van der Waals surface area contributed by atoms with Gasteiger partial charge in [0.1, 0.15) is 5.02 Å². The van der Waals surface area contributed by atoms with Crippen LogP contribution in [-0.4, -0.2) is 61.2 Å². The number of nitrogens with one attached hydrogen (secondary N) is 2. The lowest BCUT2D eigenvalue weighted by atomic mass is 9.92. The number of aliphatic hydroxyl groups is 1. The summed E-state index contributed by atoms with van der Waals surface area (Å²) in [7, 11) is 3.56. The number of piperidine rings is 1. The van der Waals surface area contributed by atoms with E-state index in [1.54, 1.807) is 39.4 Å². The minimum absolute atomic E-state index is 0.165. The van der Waals surface area contributed by atoms with Gasteiger partial charge in [0.2, 0.25) is 11.8 Å². The molecule has 3 N–H and O–H groups in total. The zero-order valence-electron chi connectivity index (χ0n) is 28.6. The first kappa shape index (κ1) is 33.2. The van der Waals surface area contributed by atoms with Crippen LogP contribution in [0, 0.1) is 13.8 Å². The van der Waals surface area contributed by atoms with Crippen LogP contribution in [0.4, 0.5) is 11.5 Å². The number of rotatable bonds is 8. The van der Waals surface area contributed by atoms with Crippen molar-refractivity contribution in [3.8, 4) is 17.1 Å². The molecule has 0 radical (unpaired) electrons. The molecule has 1 fully saturated rings. The number of aryl methyl sites for hydroxylation is 4. The highest BCUT2D eigenvalue weighted by Gasteiger charge is 2.32. The number of imidazole rings is 1. The summed E-state index contributed by atoms with van der Waals surface area (Å²) in [5.41, 5.74) is 5.96. The van der Waals surface area contributed by atoms with Gasteiger partial charge in [0, 0.05) is 43.7 Å². The molecule has 0 aliphatic carbocycles. The highest BCUT2D eigenvalue weighted by atomic mass is 35.5. The number of carbonyl (C=O) groups excluding carboxylic acids is 2. The van der Waals surface area contributed by atoms with Crippen LogP contribution in [0.5, 0.6) is 0 Å². The third kappa shape index (κ3) is 5.83. The third-order valence-electron chi connectivity index (χ3n) is 9.31. The van der Waals surface area contributed by atoms with Gasteiger partial charge in [-0.2, -0.15) is 15.2 Å². The fraction of sp³-hybridized carbons (Fsp3) is 0.343. The Bertz CT molecular complexity index is 2410. The van der Waals surface area contributed by atoms with Crippen molar-refractivity contribution in [2.45, 2.75) is 65.0 Å². The molecule has 0 saturated carbocycles. The van der Waals surface area contributed by atoms with E-state index in [0.29, 0.717) is 47.6 Å². The number of fused-ring (bicyclic) bond motifs is 2. The molecule has 50 heavy (non-hydrogen) atoms. The number of halogens is 1. The van der Waals surface area contributed by atoms with Crippen LogP contribution in [0.1, 0.15) is 56.1 Å². The van der Waals surface area contributed by atoms with E-state index in [-0.39, 0.29) is 23.9 Å². The van der Waals surface area contributed by atoms with Crippen molar-refractivity contribution < 1.29 is 14.7 Å². The van der Waals surface area contributed by atoms with Gasteiger partial charge in [-0.25, -0.2) is 14.5 Å². The number of aromatic nitrogens is 8. The van der Waals surface area contributed by atoms with Crippen LogP contribution in [0.2, 0.25) is 5.02 Å². The van der Waals surface area contributed by atoms with Crippen molar-refractivity contribution in [3.63, 3.8) is 0 Å². The number of hydrogen-bond donors (Lipinski definition) is 3. The second-order valence-corrected chi connectivity index (χ2v) is 13.9. The zero-order valence-corrected chi connectivity index (χ0v) is 29.3. The lowest BCUT2D eigenvalue weighted by Crippen LogP contribution is -2.39. The average molecular weight is 697 g/mol. The van der Waals surface area contributed by atoms with Crippen LogP contribution in [0.25, 0.3) is 39.0 Å². The van der Waals surface area contributed by atoms with Gasteiger partial charge in [-0.15, -0.1) is 0 Å². The largest absolute Gasteiger partial charge is 0.390 e. The molecule has 0 spiro atoms. The summed E-state index contributed by atoms with van der Waals surface area (Å²) in [5.74, 6) is -0.393. The first-order valence-electron chi connectivity index (χ1n) is 16.3. The zero-order chi connectivity index (χ0) is 35.6. The SMILES string of the molecule is Cc1nn(-c2ncc(Cl)c(Nc3ccc4c(c3)n(CCC(C)(C)O)c(=O)n4C)n2)c(C)c1-c1ccc2c(C3CCC(=O)NC3=O)nn(C)c2c1.